The van der Waals surface area contributed by atoms with E-state index in [4.69, 9.17) is 14.6 Å². The minimum Gasteiger partial charge on any atom is -0.459 e. The second kappa shape index (κ2) is 5.31. The number of furan rings is 1. The maximum atomic E-state index is 12.1. The number of piperazine rings is 1. The average Bonchev–Trinajstić information content (AvgIpc) is 3.17. The van der Waals surface area contributed by atoms with Crippen LogP contribution in [0, 0.1) is 0 Å². The topological polar surface area (TPSA) is 106 Å². The van der Waals surface area contributed by atoms with Crippen molar-refractivity contribution in [3.05, 3.63) is 36.1 Å². The van der Waals surface area contributed by atoms with E-state index in [0.29, 0.717) is 31.9 Å². The standard InChI is InChI=1S/C13H14N4O4/c14-13-15-9(8-21-13)11(18)16-3-5-17(6-4-16)12(19)10-2-1-7-20-10/h1-2,7-8H,3-6H2,(H2,14,15). The highest BCUT2D eigenvalue weighted by atomic mass is 16.4. The predicted octanol–water partition coefficient (Wildman–Crippen LogP) is 0.448. The van der Waals surface area contributed by atoms with Gasteiger partial charge < -0.3 is 24.4 Å². The number of hydrogen-bond donors (Lipinski definition) is 1. The summed E-state index contributed by atoms with van der Waals surface area (Å²) >= 11 is 0. The molecule has 3 rings (SSSR count). The summed E-state index contributed by atoms with van der Waals surface area (Å²) < 4.78 is 9.91. The lowest BCUT2D eigenvalue weighted by Gasteiger charge is -2.33. The zero-order valence-electron chi connectivity index (χ0n) is 11.2. The van der Waals surface area contributed by atoms with Crippen LogP contribution in [0.2, 0.25) is 0 Å². The Labute approximate surface area is 120 Å². The number of anilines is 1. The summed E-state index contributed by atoms with van der Waals surface area (Å²) in [4.78, 5) is 31.3. The Balaban J connectivity index is 1.60. The van der Waals surface area contributed by atoms with Crippen LogP contribution < -0.4 is 5.73 Å². The molecular formula is C13H14N4O4. The molecule has 2 amide bonds. The molecule has 0 aromatic carbocycles. The van der Waals surface area contributed by atoms with Crippen LogP contribution in [0.3, 0.4) is 0 Å². The fourth-order valence-electron chi connectivity index (χ4n) is 2.22. The Bertz CT molecular complexity index is 641. The van der Waals surface area contributed by atoms with Crippen molar-refractivity contribution in [1.82, 2.24) is 14.8 Å². The number of amides is 2. The summed E-state index contributed by atoms with van der Waals surface area (Å²) in [7, 11) is 0. The average molecular weight is 290 g/mol. The third-order valence-corrected chi connectivity index (χ3v) is 3.33. The summed E-state index contributed by atoms with van der Waals surface area (Å²) in [5.41, 5.74) is 5.53. The number of hydrogen-bond acceptors (Lipinski definition) is 6. The van der Waals surface area contributed by atoms with Gasteiger partial charge in [-0.3, -0.25) is 9.59 Å². The first-order valence-electron chi connectivity index (χ1n) is 6.48. The molecule has 1 aliphatic heterocycles. The normalized spacial score (nSPS) is 15.2. The van der Waals surface area contributed by atoms with E-state index in [1.807, 2.05) is 0 Å². The van der Waals surface area contributed by atoms with Gasteiger partial charge in [-0.2, -0.15) is 4.98 Å². The molecule has 0 aliphatic carbocycles. The molecule has 2 aromatic rings. The largest absolute Gasteiger partial charge is 0.459 e. The van der Waals surface area contributed by atoms with Crippen molar-refractivity contribution < 1.29 is 18.4 Å². The van der Waals surface area contributed by atoms with Crippen LogP contribution >= 0.6 is 0 Å². The molecule has 3 heterocycles. The van der Waals surface area contributed by atoms with Gasteiger partial charge in [0.15, 0.2) is 11.5 Å². The number of aromatic nitrogens is 1. The number of carbonyl (C=O) groups is 2. The summed E-state index contributed by atoms with van der Waals surface area (Å²) in [6, 6.07) is 3.25. The SMILES string of the molecule is Nc1nc(C(=O)N2CCN(C(=O)c3ccco3)CC2)co1. The first-order chi connectivity index (χ1) is 10.1. The molecule has 0 unspecified atom stereocenters. The lowest BCUT2D eigenvalue weighted by atomic mass is 10.2. The van der Waals surface area contributed by atoms with Crippen LogP contribution in [0.4, 0.5) is 6.01 Å². The van der Waals surface area contributed by atoms with Gasteiger partial charge in [-0.15, -0.1) is 0 Å². The Morgan fingerprint density at radius 2 is 1.76 bits per heavy atom. The molecule has 2 N–H and O–H groups in total. The second-order valence-corrected chi connectivity index (χ2v) is 4.63. The van der Waals surface area contributed by atoms with Crippen LogP contribution in [-0.2, 0) is 0 Å². The first-order valence-corrected chi connectivity index (χ1v) is 6.48. The van der Waals surface area contributed by atoms with Crippen LogP contribution in [-0.4, -0.2) is 52.8 Å². The van der Waals surface area contributed by atoms with Gasteiger partial charge >= 0.3 is 0 Å². The van der Waals surface area contributed by atoms with E-state index < -0.39 is 0 Å². The summed E-state index contributed by atoms with van der Waals surface area (Å²) in [6.07, 6.45) is 2.69. The van der Waals surface area contributed by atoms with Gasteiger partial charge in [-0.05, 0) is 12.1 Å². The fourth-order valence-corrected chi connectivity index (χ4v) is 2.22. The monoisotopic (exact) mass is 290 g/mol. The zero-order valence-corrected chi connectivity index (χ0v) is 11.2. The molecule has 2 aromatic heterocycles. The van der Waals surface area contributed by atoms with Crippen molar-refractivity contribution in [3.8, 4) is 0 Å². The van der Waals surface area contributed by atoms with E-state index in [-0.39, 0.29) is 23.5 Å². The van der Waals surface area contributed by atoms with Crippen molar-refractivity contribution in [1.29, 1.82) is 0 Å². The number of carbonyl (C=O) groups excluding carboxylic acids is 2. The summed E-state index contributed by atoms with van der Waals surface area (Å²) in [5, 5.41) is 0. The highest BCUT2D eigenvalue weighted by molar-refractivity contribution is 5.93. The molecule has 0 radical (unpaired) electrons. The lowest BCUT2D eigenvalue weighted by molar-refractivity contribution is 0.0515. The number of nitrogens with zero attached hydrogens (tertiary/aromatic N) is 3. The molecule has 8 heteroatoms. The van der Waals surface area contributed by atoms with E-state index in [2.05, 4.69) is 4.98 Å². The van der Waals surface area contributed by atoms with Gasteiger partial charge in [-0.1, -0.05) is 0 Å². The summed E-state index contributed by atoms with van der Waals surface area (Å²) in [5.74, 6) is -0.114. The number of rotatable bonds is 2. The maximum absolute atomic E-state index is 12.1. The van der Waals surface area contributed by atoms with Crippen molar-refractivity contribution in [2.45, 2.75) is 0 Å². The van der Waals surface area contributed by atoms with Gasteiger partial charge in [0.2, 0.25) is 0 Å². The molecule has 0 spiro atoms. The van der Waals surface area contributed by atoms with E-state index in [1.54, 1.807) is 21.9 Å². The number of oxazole rings is 1. The van der Waals surface area contributed by atoms with Crippen molar-refractivity contribution in [2.75, 3.05) is 31.9 Å². The highest BCUT2D eigenvalue weighted by Gasteiger charge is 2.27. The highest BCUT2D eigenvalue weighted by Crippen LogP contribution is 2.12. The smallest absolute Gasteiger partial charge is 0.292 e. The number of nitrogen functional groups attached to an aromatic ring is 1. The quantitative estimate of drug-likeness (QED) is 0.860. The molecule has 0 saturated carbocycles. The molecule has 8 nitrogen and oxygen atoms in total. The van der Waals surface area contributed by atoms with E-state index >= 15 is 0 Å². The van der Waals surface area contributed by atoms with Gasteiger partial charge in [-0.25, -0.2) is 0 Å². The predicted molar refractivity (Wildman–Crippen MR) is 71.4 cm³/mol. The molecule has 1 fully saturated rings. The van der Waals surface area contributed by atoms with Crippen LogP contribution in [0.1, 0.15) is 21.0 Å². The molecule has 1 aliphatic rings. The van der Waals surface area contributed by atoms with Crippen LogP contribution in [0.5, 0.6) is 0 Å². The van der Waals surface area contributed by atoms with Crippen LogP contribution in [0.25, 0.3) is 0 Å². The van der Waals surface area contributed by atoms with Crippen molar-refractivity contribution in [2.24, 2.45) is 0 Å². The Morgan fingerprint density at radius 1 is 1.10 bits per heavy atom. The Kier molecular flexibility index (Phi) is 3.35. The van der Waals surface area contributed by atoms with Gasteiger partial charge in [0, 0.05) is 26.2 Å². The Morgan fingerprint density at radius 3 is 2.29 bits per heavy atom. The molecule has 21 heavy (non-hydrogen) atoms. The maximum Gasteiger partial charge on any atom is 0.292 e. The second-order valence-electron chi connectivity index (χ2n) is 4.63. The van der Waals surface area contributed by atoms with Crippen molar-refractivity contribution >= 4 is 17.8 Å². The first kappa shape index (κ1) is 13.2. The molecule has 1 saturated heterocycles. The minimum absolute atomic E-state index is 0.0371. The van der Waals surface area contributed by atoms with Gasteiger partial charge in [0.25, 0.3) is 17.8 Å². The van der Waals surface area contributed by atoms with E-state index in [9.17, 15) is 9.59 Å². The van der Waals surface area contributed by atoms with Crippen molar-refractivity contribution in [3.63, 3.8) is 0 Å². The fraction of sp³-hybridized carbons (Fsp3) is 0.308. The molecule has 0 atom stereocenters. The van der Waals surface area contributed by atoms with E-state index in [1.165, 1.54) is 12.5 Å². The number of nitrogens with two attached hydrogens (primary N) is 1. The minimum atomic E-state index is -0.249. The molecular weight excluding hydrogens is 276 g/mol. The van der Waals surface area contributed by atoms with E-state index in [0.717, 1.165) is 0 Å². The third kappa shape index (κ3) is 2.60. The lowest BCUT2D eigenvalue weighted by Crippen LogP contribution is -2.50. The van der Waals surface area contributed by atoms with Gasteiger partial charge in [0.05, 0.1) is 6.26 Å². The third-order valence-electron chi connectivity index (χ3n) is 3.33. The molecule has 110 valence electrons. The molecule has 0 bridgehead atoms. The summed E-state index contributed by atoms with van der Waals surface area (Å²) in [6.45, 7) is 1.74. The Hall–Kier alpha value is -2.77. The van der Waals surface area contributed by atoms with Crippen LogP contribution in [0.15, 0.2) is 33.5 Å². The zero-order chi connectivity index (χ0) is 14.8. The van der Waals surface area contributed by atoms with Gasteiger partial charge in [0.1, 0.15) is 6.26 Å².